The fourth-order valence-corrected chi connectivity index (χ4v) is 5.15. The summed E-state index contributed by atoms with van der Waals surface area (Å²) in [7, 11) is -3.56. The van der Waals surface area contributed by atoms with Crippen molar-refractivity contribution in [2.75, 3.05) is 12.3 Å². The van der Waals surface area contributed by atoms with Crippen LogP contribution in [0.15, 0.2) is 21.7 Å². The molecule has 0 atom stereocenters. The summed E-state index contributed by atoms with van der Waals surface area (Å²) < 4.78 is 27.4. The highest BCUT2D eigenvalue weighted by molar-refractivity contribution is 7.91. The van der Waals surface area contributed by atoms with Gasteiger partial charge in [0, 0.05) is 16.8 Å². The van der Waals surface area contributed by atoms with Crippen molar-refractivity contribution in [2.45, 2.75) is 30.4 Å². The first-order chi connectivity index (χ1) is 9.22. The normalized spacial score (nSPS) is 12.8. The average Bonchev–Trinajstić information content (AvgIpc) is 2.97. The van der Waals surface area contributed by atoms with E-state index in [0.717, 1.165) is 16.2 Å². The number of nitrogen functional groups attached to an aromatic ring is 1. The van der Waals surface area contributed by atoms with E-state index >= 15 is 0 Å². The maximum Gasteiger partial charge on any atom is 0.252 e. The van der Waals surface area contributed by atoms with E-state index in [1.807, 2.05) is 31.4 Å². The molecule has 8 heteroatoms. The highest BCUT2D eigenvalue weighted by Gasteiger charge is 2.27. The van der Waals surface area contributed by atoms with E-state index in [1.165, 1.54) is 0 Å². The maximum absolute atomic E-state index is 12.3. The smallest absolute Gasteiger partial charge is 0.252 e. The number of thiophene rings is 1. The summed E-state index contributed by atoms with van der Waals surface area (Å²) in [5, 5.41) is 2.25. The second-order valence-electron chi connectivity index (χ2n) is 5.11. The molecule has 2 rings (SSSR count). The number of aromatic nitrogens is 1. The van der Waals surface area contributed by atoms with Crippen LogP contribution in [0.3, 0.4) is 0 Å². The summed E-state index contributed by atoms with van der Waals surface area (Å²) in [6.07, 6.45) is 0. The molecule has 0 amide bonds. The predicted octanol–water partition coefficient (Wildman–Crippen LogP) is 2.35. The fourth-order valence-electron chi connectivity index (χ4n) is 1.74. The minimum absolute atomic E-state index is 0.192. The topological polar surface area (TPSA) is 85.1 Å². The van der Waals surface area contributed by atoms with Gasteiger partial charge in [0.05, 0.1) is 5.69 Å². The predicted molar refractivity (Wildman–Crippen MR) is 83.8 cm³/mol. The van der Waals surface area contributed by atoms with Gasteiger partial charge in [-0.3, -0.25) is 0 Å². The van der Waals surface area contributed by atoms with Gasteiger partial charge in [-0.15, -0.1) is 11.3 Å². The Labute approximate surface area is 126 Å². The zero-order chi connectivity index (χ0) is 15.0. The summed E-state index contributed by atoms with van der Waals surface area (Å²) in [6, 6.07) is 3.97. The van der Waals surface area contributed by atoms with Crippen molar-refractivity contribution in [3.05, 3.63) is 28.1 Å². The first-order valence-electron chi connectivity index (χ1n) is 5.99. The molecule has 0 aromatic carbocycles. The Morgan fingerprint density at radius 1 is 1.45 bits per heavy atom. The molecule has 2 heterocycles. The van der Waals surface area contributed by atoms with Crippen molar-refractivity contribution in [1.82, 2.24) is 9.71 Å². The first kappa shape index (κ1) is 15.4. The molecular weight excluding hydrogens is 314 g/mol. The lowest BCUT2D eigenvalue weighted by Crippen LogP contribution is -2.36. The van der Waals surface area contributed by atoms with Gasteiger partial charge in [0.25, 0.3) is 10.0 Å². The van der Waals surface area contributed by atoms with E-state index in [-0.39, 0.29) is 14.8 Å². The summed E-state index contributed by atoms with van der Waals surface area (Å²) in [6.45, 7) is 5.99. The Morgan fingerprint density at radius 2 is 2.15 bits per heavy atom. The van der Waals surface area contributed by atoms with Gasteiger partial charge in [0.1, 0.15) is 0 Å². The number of hydrogen-bond donors (Lipinski definition) is 2. The molecule has 0 radical (unpaired) electrons. The van der Waals surface area contributed by atoms with E-state index in [9.17, 15) is 8.42 Å². The summed E-state index contributed by atoms with van der Waals surface area (Å²) in [5.74, 6) is 0. The van der Waals surface area contributed by atoms with Crippen LogP contribution in [0.5, 0.6) is 0 Å². The molecule has 20 heavy (non-hydrogen) atoms. The van der Waals surface area contributed by atoms with Crippen LogP contribution in [0.2, 0.25) is 0 Å². The summed E-state index contributed by atoms with van der Waals surface area (Å²) >= 11 is 2.61. The van der Waals surface area contributed by atoms with Crippen LogP contribution in [0.4, 0.5) is 5.13 Å². The second-order valence-corrected chi connectivity index (χ2v) is 9.05. The van der Waals surface area contributed by atoms with Crippen molar-refractivity contribution in [3.8, 4) is 0 Å². The van der Waals surface area contributed by atoms with Gasteiger partial charge in [-0.05, 0) is 18.4 Å². The molecule has 0 saturated carbocycles. The molecule has 2 aromatic heterocycles. The van der Waals surface area contributed by atoms with Gasteiger partial charge in [0.15, 0.2) is 9.34 Å². The van der Waals surface area contributed by atoms with Gasteiger partial charge in [-0.1, -0.05) is 31.3 Å². The number of hydrogen-bond acceptors (Lipinski definition) is 6. The van der Waals surface area contributed by atoms with Crippen LogP contribution < -0.4 is 10.5 Å². The Morgan fingerprint density at radius 3 is 2.65 bits per heavy atom. The Hall–Kier alpha value is -0.960. The van der Waals surface area contributed by atoms with Crippen molar-refractivity contribution >= 4 is 37.8 Å². The highest BCUT2D eigenvalue weighted by Crippen LogP contribution is 2.29. The monoisotopic (exact) mass is 331 g/mol. The molecule has 5 nitrogen and oxygen atoms in total. The zero-order valence-electron chi connectivity index (χ0n) is 11.5. The molecule has 0 unspecified atom stereocenters. The number of nitrogens with zero attached hydrogens (tertiary/aromatic N) is 1. The third kappa shape index (κ3) is 3.20. The molecule has 0 bridgehead atoms. The molecule has 2 aromatic rings. The lowest BCUT2D eigenvalue weighted by molar-refractivity contribution is 0.510. The minimum atomic E-state index is -3.56. The van der Waals surface area contributed by atoms with Gasteiger partial charge in [-0.25, -0.2) is 18.1 Å². The third-order valence-electron chi connectivity index (χ3n) is 2.91. The van der Waals surface area contributed by atoms with Gasteiger partial charge in [0.2, 0.25) is 0 Å². The lowest BCUT2D eigenvalue weighted by atomic mass is 9.92. The number of nitrogens with one attached hydrogen (secondary N) is 1. The molecular formula is C12H17N3O2S3. The van der Waals surface area contributed by atoms with E-state index < -0.39 is 10.0 Å². The summed E-state index contributed by atoms with van der Waals surface area (Å²) in [5.41, 5.74) is 5.73. The van der Waals surface area contributed by atoms with Crippen molar-refractivity contribution < 1.29 is 8.42 Å². The van der Waals surface area contributed by atoms with Crippen molar-refractivity contribution in [2.24, 2.45) is 0 Å². The van der Waals surface area contributed by atoms with Crippen LogP contribution >= 0.6 is 22.7 Å². The maximum atomic E-state index is 12.3. The highest BCUT2D eigenvalue weighted by atomic mass is 32.2. The first-order valence-corrected chi connectivity index (χ1v) is 9.17. The second kappa shape index (κ2) is 5.44. The van der Waals surface area contributed by atoms with E-state index in [2.05, 4.69) is 9.71 Å². The SMILES string of the molecule is Cc1nc(N)sc1S(=O)(=O)NCC(C)(C)c1cccs1. The zero-order valence-corrected chi connectivity index (χ0v) is 14.0. The number of thiazole rings is 1. The van der Waals surface area contributed by atoms with Crippen LogP contribution in [0.1, 0.15) is 24.4 Å². The molecule has 0 aliphatic carbocycles. The van der Waals surface area contributed by atoms with E-state index in [0.29, 0.717) is 12.2 Å². The van der Waals surface area contributed by atoms with Crippen molar-refractivity contribution in [1.29, 1.82) is 0 Å². The standard InChI is InChI=1S/C12H17N3O2S3/c1-8-10(19-11(13)15-8)20(16,17)14-7-12(2,3)9-5-4-6-18-9/h4-6,14H,7H2,1-3H3,(H2,13,15). The molecule has 3 N–H and O–H groups in total. The Kier molecular flexibility index (Phi) is 4.19. The van der Waals surface area contributed by atoms with Crippen LogP contribution in [-0.2, 0) is 15.4 Å². The quantitative estimate of drug-likeness (QED) is 0.881. The number of aryl methyl sites for hydroxylation is 1. The van der Waals surface area contributed by atoms with Crippen molar-refractivity contribution in [3.63, 3.8) is 0 Å². The lowest BCUT2D eigenvalue weighted by Gasteiger charge is -2.23. The molecule has 110 valence electrons. The molecule has 0 saturated heterocycles. The van der Waals surface area contributed by atoms with Gasteiger partial charge >= 0.3 is 0 Å². The number of rotatable bonds is 5. The largest absolute Gasteiger partial charge is 0.375 e. The Balaban J connectivity index is 2.16. The van der Waals surface area contributed by atoms with Gasteiger partial charge in [-0.2, -0.15) is 0 Å². The van der Waals surface area contributed by atoms with Crippen LogP contribution in [-0.4, -0.2) is 19.9 Å². The molecule has 0 aliphatic heterocycles. The molecule has 0 spiro atoms. The Bertz CT molecular complexity index is 688. The summed E-state index contributed by atoms with van der Waals surface area (Å²) in [4.78, 5) is 5.09. The number of anilines is 1. The van der Waals surface area contributed by atoms with Crippen LogP contribution in [0.25, 0.3) is 0 Å². The van der Waals surface area contributed by atoms with Gasteiger partial charge < -0.3 is 5.73 Å². The molecule has 0 aliphatic rings. The van der Waals surface area contributed by atoms with E-state index in [1.54, 1.807) is 18.3 Å². The fraction of sp³-hybridized carbons (Fsp3) is 0.417. The minimum Gasteiger partial charge on any atom is -0.375 e. The number of nitrogens with two attached hydrogens (primary N) is 1. The number of sulfonamides is 1. The van der Waals surface area contributed by atoms with E-state index in [4.69, 9.17) is 5.73 Å². The molecule has 0 fully saturated rings. The third-order valence-corrected chi connectivity index (χ3v) is 7.14. The van der Waals surface area contributed by atoms with Crippen LogP contribution in [0, 0.1) is 6.92 Å². The average molecular weight is 331 g/mol.